The van der Waals surface area contributed by atoms with Crippen LogP contribution in [0.25, 0.3) is 11.3 Å². The molecule has 1 aliphatic carbocycles. The molecular weight excluding hydrogens is 416 g/mol. The Hall–Kier alpha value is -1.63. The predicted molar refractivity (Wildman–Crippen MR) is 115 cm³/mol. The van der Waals surface area contributed by atoms with Gasteiger partial charge in [0.25, 0.3) is 0 Å². The summed E-state index contributed by atoms with van der Waals surface area (Å²) in [6, 6.07) is 6.99. The smallest absolute Gasteiger partial charge is 0.223 e. The zero-order valence-electron chi connectivity index (χ0n) is 16.3. The Bertz CT molecular complexity index is 790. The summed E-state index contributed by atoms with van der Waals surface area (Å²) in [5.74, 6) is 1.57. The number of aryl methyl sites for hydroxylation is 1. The van der Waals surface area contributed by atoms with Crippen LogP contribution in [0.4, 0.5) is 4.39 Å². The fourth-order valence-electron chi connectivity index (χ4n) is 3.57. The highest BCUT2D eigenvalue weighted by atomic mass is 35.5. The quantitative estimate of drug-likeness (QED) is 0.694. The van der Waals surface area contributed by atoms with Crippen molar-refractivity contribution in [1.29, 1.82) is 0 Å². The monoisotopic (exact) mass is 443 g/mol. The Morgan fingerprint density at radius 3 is 2.59 bits per heavy atom. The largest absolute Gasteiger partial charge is 0.441 e. The molecule has 2 heterocycles. The first-order valence-corrected chi connectivity index (χ1v) is 9.90. The van der Waals surface area contributed by atoms with Crippen LogP contribution in [0.3, 0.4) is 0 Å². The summed E-state index contributed by atoms with van der Waals surface area (Å²) < 4.78 is 19.5. The van der Waals surface area contributed by atoms with Crippen molar-refractivity contribution in [2.45, 2.75) is 44.6 Å². The van der Waals surface area contributed by atoms with Gasteiger partial charge >= 0.3 is 0 Å². The van der Waals surface area contributed by atoms with Crippen molar-refractivity contribution in [3.8, 4) is 11.3 Å². The van der Waals surface area contributed by atoms with Crippen LogP contribution in [0.1, 0.15) is 38.0 Å². The lowest BCUT2D eigenvalue weighted by molar-refractivity contribution is -0.132. The normalized spacial score (nSPS) is 16.8. The molecule has 29 heavy (non-hydrogen) atoms. The maximum absolute atomic E-state index is 13.8. The van der Waals surface area contributed by atoms with Crippen molar-refractivity contribution >= 4 is 30.7 Å². The minimum absolute atomic E-state index is 0. The standard InChI is InChI=1S/C21H26FN3O2.2ClH/c22-18-4-2-1-3-17(18)19-14-24-20(27-19)7-8-21(26)25-11-9-16(10-12-25)23-13-15-5-6-15;;/h1-4,14-16,23H,5-13H2;2*1H. The number of hydrogen-bond acceptors (Lipinski definition) is 4. The second-order valence-electron chi connectivity index (χ2n) is 7.60. The van der Waals surface area contributed by atoms with E-state index in [4.69, 9.17) is 4.42 Å². The molecule has 0 bridgehead atoms. The summed E-state index contributed by atoms with van der Waals surface area (Å²) in [5, 5.41) is 3.63. The molecule has 1 saturated heterocycles. The molecule has 1 aromatic carbocycles. The molecular formula is C21H28Cl2FN3O2. The van der Waals surface area contributed by atoms with Crippen LogP contribution in [-0.4, -0.2) is 41.5 Å². The number of hydrogen-bond donors (Lipinski definition) is 1. The van der Waals surface area contributed by atoms with Crippen molar-refractivity contribution in [2.75, 3.05) is 19.6 Å². The number of carbonyl (C=O) groups is 1. The second-order valence-corrected chi connectivity index (χ2v) is 7.60. The highest BCUT2D eigenvalue weighted by molar-refractivity contribution is 5.85. The van der Waals surface area contributed by atoms with Crippen molar-refractivity contribution in [3.63, 3.8) is 0 Å². The van der Waals surface area contributed by atoms with Gasteiger partial charge in [0.15, 0.2) is 11.7 Å². The Kier molecular flexibility index (Phi) is 8.93. The lowest BCUT2D eigenvalue weighted by atomic mass is 10.0. The van der Waals surface area contributed by atoms with Gasteiger partial charge in [-0.15, -0.1) is 24.8 Å². The number of piperidine rings is 1. The first kappa shape index (κ1) is 23.6. The van der Waals surface area contributed by atoms with Crippen LogP contribution < -0.4 is 5.32 Å². The molecule has 1 saturated carbocycles. The SMILES string of the molecule is Cl.Cl.O=C(CCc1ncc(-c2ccccc2F)o1)N1CCC(NCC2CC2)CC1. The van der Waals surface area contributed by atoms with Gasteiger partial charge in [-0.3, -0.25) is 4.79 Å². The number of carbonyl (C=O) groups excluding carboxylic acids is 1. The zero-order valence-corrected chi connectivity index (χ0v) is 17.9. The minimum Gasteiger partial charge on any atom is -0.441 e. The van der Waals surface area contributed by atoms with E-state index in [9.17, 15) is 9.18 Å². The average molecular weight is 444 g/mol. The third kappa shape index (κ3) is 6.43. The van der Waals surface area contributed by atoms with E-state index in [0.717, 1.165) is 38.4 Å². The third-order valence-electron chi connectivity index (χ3n) is 5.49. The maximum atomic E-state index is 13.8. The van der Waals surface area contributed by atoms with E-state index in [1.165, 1.54) is 25.1 Å². The number of likely N-dealkylation sites (tertiary alicyclic amines) is 1. The van der Waals surface area contributed by atoms with Crippen LogP contribution in [0, 0.1) is 11.7 Å². The van der Waals surface area contributed by atoms with E-state index in [-0.39, 0.29) is 36.5 Å². The summed E-state index contributed by atoms with van der Waals surface area (Å²) in [7, 11) is 0. The summed E-state index contributed by atoms with van der Waals surface area (Å²) >= 11 is 0. The molecule has 5 nitrogen and oxygen atoms in total. The van der Waals surface area contributed by atoms with Crippen LogP contribution in [-0.2, 0) is 11.2 Å². The van der Waals surface area contributed by atoms with E-state index < -0.39 is 0 Å². The first-order chi connectivity index (χ1) is 13.2. The number of benzene rings is 1. The Morgan fingerprint density at radius 1 is 1.17 bits per heavy atom. The third-order valence-corrected chi connectivity index (χ3v) is 5.49. The molecule has 0 unspecified atom stereocenters. The number of aromatic nitrogens is 1. The molecule has 2 aromatic rings. The first-order valence-electron chi connectivity index (χ1n) is 9.90. The number of nitrogens with one attached hydrogen (secondary N) is 1. The van der Waals surface area contributed by atoms with Crippen molar-refractivity contribution < 1.29 is 13.6 Å². The zero-order chi connectivity index (χ0) is 18.6. The van der Waals surface area contributed by atoms with E-state index in [0.29, 0.717) is 36.1 Å². The molecule has 0 radical (unpaired) electrons. The molecule has 1 aromatic heterocycles. The van der Waals surface area contributed by atoms with Crippen molar-refractivity contribution in [1.82, 2.24) is 15.2 Å². The lowest BCUT2D eigenvalue weighted by Gasteiger charge is -2.32. The highest BCUT2D eigenvalue weighted by Gasteiger charge is 2.26. The summed E-state index contributed by atoms with van der Waals surface area (Å²) in [6.07, 6.45) is 7.11. The fourth-order valence-corrected chi connectivity index (χ4v) is 3.57. The summed E-state index contributed by atoms with van der Waals surface area (Å²) in [5.41, 5.74) is 0.392. The minimum atomic E-state index is -0.338. The van der Waals surface area contributed by atoms with E-state index in [1.807, 2.05) is 4.90 Å². The second kappa shape index (κ2) is 11.0. The highest BCUT2D eigenvalue weighted by Crippen LogP contribution is 2.28. The number of rotatable bonds is 7. The molecule has 8 heteroatoms. The lowest BCUT2D eigenvalue weighted by Crippen LogP contribution is -2.45. The number of nitrogens with zero attached hydrogens (tertiary/aromatic N) is 2. The van der Waals surface area contributed by atoms with Gasteiger partial charge in [-0.25, -0.2) is 9.37 Å². The molecule has 0 atom stereocenters. The van der Waals surface area contributed by atoms with Gasteiger partial charge in [-0.1, -0.05) is 12.1 Å². The molecule has 1 N–H and O–H groups in total. The van der Waals surface area contributed by atoms with Gasteiger partial charge in [0, 0.05) is 32.0 Å². The fraction of sp³-hybridized carbons (Fsp3) is 0.524. The van der Waals surface area contributed by atoms with Gasteiger partial charge in [0.05, 0.1) is 11.8 Å². The Morgan fingerprint density at radius 2 is 1.90 bits per heavy atom. The maximum Gasteiger partial charge on any atom is 0.223 e. The van der Waals surface area contributed by atoms with Crippen molar-refractivity contribution in [3.05, 3.63) is 42.2 Å². The van der Waals surface area contributed by atoms with Crippen LogP contribution in [0.15, 0.2) is 34.9 Å². The Balaban J connectivity index is 0.00000150. The van der Waals surface area contributed by atoms with Gasteiger partial charge in [-0.05, 0) is 50.3 Å². The molecule has 4 rings (SSSR count). The Labute approximate surface area is 183 Å². The number of oxazole rings is 1. The topological polar surface area (TPSA) is 58.4 Å². The molecule has 2 fully saturated rings. The van der Waals surface area contributed by atoms with Gasteiger partial charge < -0.3 is 14.6 Å². The van der Waals surface area contributed by atoms with E-state index in [2.05, 4.69) is 10.3 Å². The summed E-state index contributed by atoms with van der Waals surface area (Å²) in [4.78, 5) is 18.6. The molecule has 1 aliphatic heterocycles. The van der Waals surface area contributed by atoms with E-state index in [1.54, 1.807) is 18.2 Å². The van der Waals surface area contributed by atoms with Crippen LogP contribution in [0.2, 0.25) is 0 Å². The van der Waals surface area contributed by atoms with Crippen LogP contribution in [0.5, 0.6) is 0 Å². The predicted octanol–water partition coefficient (Wildman–Crippen LogP) is 4.25. The summed E-state index contributed by atoms with van der Waals surface area (Å²) in [6.45, 7) is 2.76. The molecule has 0 spiro atoms. The number of amides is 1. The molecule has 2 aliphatic rings. The van der Waals surface area contributed by atoms with Gasteiger partial charge in [0.2, 0.25) is 5.91 Å². The van der Waals surface area contributed by atoms with Gasteiger partial charge in [0.1, 0.15) is 5.82 Å². The molecule has 1 amide bonds. The van der Waals surface area contributed by atoms with Gasteiger partial charge in [-0.2, -0.15) is 0 Å². The van der Waals surface area contributed by atoms with Crippen molar-refractivity contribution in [2.24, 2.45) is 5.92 Å². The number of halogens is 3. The van der Waals surface area contributed by atoms with E-state index >= 15 is 0 Å². The average Bonchev–Trinajstić information content (AvgIpc) is 3.41. The van der Waals surface area contributed by atoms with Crippen LogP contribution >= 0.6 is 24.8 Å². The molecule has 160 valence electrons.